The number of aromatic nitrogens is 2. The standard InChI is InChI=1S/C22H25N3O3S/c1-5-28-20-9-14-15-8-13(26)6-7-18(15)25-21(16(14)10-19(20)27-3)17-11-23-22(29-4)24-12(17)2/h6-7,9-11,13,15,18,26H,5,8H2,1-4H3/t13-,15+,18+/m0/s1. The van der Waals surface area contributed by atoms with Crippen LogP contribution in [0, 0.1) is 6.92 Å². The van der Waals surface area contributed by atoms with Crippen molar-refractivity contribution in [3.63, 3.8) is 0 Å². The largest absolute Gasteiger partial charge is 0.493 e. The zero-order valence-corrected chi connectivity index (χ0v) is 17.9. The molecule has 0 unspecified atom stereocenters. The average molecular weight is 412 g/mol. The molecule has 6 nitrogen and oxygen atoms in total. The van der Waals surface area contributed by atoms with Crippen LogP contribution in [0.25, 0.3) is 0 Å². The van der Waals surface area contributed by atoms with Crippen LogP contribution in [0.2, 0.25) is 0 Å². The van der Waals surface area contributed by atoms with Gasteiger partial charge >= 0.3 is 0 Å². The normalized spacial score (nSPS) is 22.5. The van der Waals surface area contributed by atoms with Crippen molar-refractivity contribution in [3.8, 4) is 11.5 Å². The molecule has 7 heteroatoms. The average Bonchev–Trinajstić information content (AvgIpc) is 2.73. The van der Waals surface area contributed by atoms with Gasteiger partial charge in [0, 0.05) is 23.2 Å². The maximum Gasteiger partial charge on any atom is 0.187 e. The van der Waals surface area contributed by atoms with Crippen LogP contribution in [0.4, 0.5) is 0 Å². The first kappa shape index (κ1) is 19.9. The lowest BCUT2D eigenvalue weighted by Gasteiger charge is -2.34. The highest BCUT2D eigenvalue weighted by Crippen LogP contribution is 2.43. The van der Waals surface area contributed by atoms with Gasteiger partial charge in [-0.2, -0.15) is 0 Å². The molecular weight excluding hydrogens is 386 g/mol. The van der Waals surface area contributed by atoms with E-state index >= 15 is 0 Å². The van der Waals surface area contributed by atoms with Gasteiger partial charge in [-0.1, -0.05) is 23.9 Å². The second-order valence-electron chi connectivity index (χ2n) is 7.14. The van der Waals surface area contributed by atoms with Gasteiger partial charge in [0.2, 0.25) is 0 Å². The van der Waals surface area contributed by atoms with E-state index in [4.69, 9.17) is 14.5 Å². The van der Waals surface area contributed by atoms with Crippen LogP contribution < -0.4 is 9.47 Å². The Labute approximate surface area is 175 Å². The molecule has 152 valence electrons. The molecule has 1 aliphatic carbocycles. The Morgan fingerprint density at radius 3 is 2.72 bits per heavy atom. The molecule has 0 amide bonds. The Morgan fingerprint density at radius 1 is 1.21 bits per heavy atom. The van der Waals surface area contributed by atoms with Crippen molar-refractivity contribution in [1.82, 2.24) is 9.97 Å². The van der Waals surface area contributed by atoms with Crippen molar-refractivity contribution in [2.45, 2.75) is 43.5 Å². The van der Waals surface area contributed by atoms with Crippen LogP contribution in [-0.2, 0) is 0 Å². The fraction of sp³-hybridized carbons (Fsp3) is 0.409. The summed E-state index contributed by atoms with van der Waals surface area (Å²) < 4.78 is 11.4. The SMILES string of the molecule is CCOc1cc2c(cc1OC)C(c1cnc(SC)nc1C)=N[C@@H]1C=C[C@H](O)C[C@H]21. The number of aliphatic hydroxyl groups excluding tert-OH is 1. The van der Waals surface area contributed by atoms with Gasteiger partial charge in [-0.15, -0.1) is 0 Å². The van der Waals surface area contributed by atoms with Crippen LogP contribution in [-0.4, -0.2) is 52.9 Å². The monoisotopic (exact) mass is 411 g/mol. The van der Waals surface area contributed by atoms with Crippen LogP contribution in [0.5, 0.6) is 11.5 Å². The van der Waals surface area contributed by atoms with E-state index in [1.807, 2.05) is 50.6 Å². The summed E-state index contributed by atoms with van der Waals surface area (Å²) in [6.07, 6.45) is 7.80. The number of ether oxygens (including phenoxy) is 2. The van der Waals surface area contributed by atoms with E-state index in [1.54, 1.807) is 7.11 Å². The quantitative estimate of drug-likeness (QED) is 0.461. The van der Waals surface area contributed by atoms with Crippen molar-refractivity contribution in [2.75, 3.05) is 20.0 Å². The fourth-order valence-corrected chi connectivity index (χ4v) is 4.41. The third-order valence-corrected chi connectivity index (χ3v) is 5.96. The van der Waals surface area contributed by atoms with E-state index in [9.17, 15) is 5.11 Å². The summed E-state index contributed by atoms with van der Waals surface area (Å²) in [5.41, 5.74) is 4.75. The second kappa shape index (κ2) is 8.16. The van der Waals surface area contributed by atoms with Crippen LogP contribution in [0.15, 0.2) is 40.6 Å². The van der Waals surface area contributed by atoms with Gasteiger partial charge < -0.3 is 14.6 Å². The summed E-state index contributed by atoms with van der Waals surface area (Å²) in [7, 11) is 1.64. The minimum Gasteiger partial charge on any atom is -0.493 e. The molecular formula is C22H25N3O3S. The van der Waals surface area contributed by atoms with E-state index in [0.717, 1.165) is 33.3 Å². The minimum absolute atomic E-state index is 0.0385. The summed E-state index contributed by atoms with van der Waals surface area (Å²) in [6.45, 7) is 4.49. The molecule has 2 aromatic rings. The van der Waals surface area contributed by atoms with Crippen LogP contribution in [0.1, 0.15) is 41.6 Å². The van der Waals surface area contributed by atoms with Crippen LogP contribution >= 0.6 is 11.8 Å². The van der Waals surface area contributed by atoms with E-state index in [2.05, 4.69) is 9.97 Å². The first-order chi connectivity index (χ1) is 14.0. The molecule has 0 saturated heterocycles. The lowest BCUT2D eigenvalue weighted by molar-refractivity contribution is 0.190. The van der Waals surface area contributed by atoms with Gasteiger partial charge in [-0.3, -0.25) is 4.99 Å². The number of aliphatic imine (C=N–C) groups is 1. The molecule has 0 spiro atoms. The third-order valence-electron chi connectivity index (χ3n) is 5.40. The number of rotatable bonds is 5. The zero-order chi connectivity index (χ0) is 20.5. The number of aryl methyl sites for hydroxylation is 1. The Balaban J connectivity index is 1.92. The summed E-state index contributed by atoms with van der Waals surface area (Å²) in [6, 6.07) is 3.99. The van der Waals surface area contributed by atoms with Crippen molar-refractivity contribution in [3.05, 3.63) is 52.9 Å². The van der Waals surface area contributed by atoms with E-state index in [-0.39, 0.29) is 12.0 Å². The molecule has 0 fully saturated rings. The number of fused-ring (bicyclic) bond motifs is 3. The molecule has 29 heavy (non-hydrogen) atoms. The van der Waals surface area contributed by atoms with Gasteiger partial charge in [0.15, 0.2) is 16.7 Å². The molecule has 1 N–H and O–H groups in total. The fourth-order valence-electron chi connectivity index (χ4n) is 4.02. The zero-order valence-electron chi connectivity index (χ0n) is 17.0. The summed E-state index contributed by atoms with van der Waals surface area (Å²) in [4.78, 5) is 14.1. The predicted octanol–water partition coefficient (Wildman–Crippen LogP) is 3.54. The summed E-state index contributed by atoms with van der Waals surface area (Å²) in [5.74, 6) is 1.47. The third kappa shape index (κ3) is 3.65. The van der Waals surface area contributed by atoms with Crippen molar-refractivity contribution < 1.29 is 14.6 Å². The molecule has 0 bridgehead atoms. The van der Waals surface area contributed by atoms with E-state index < -0.39 is 6.10 Å². The maximum absolute atomic E-state index is 10.2. The lowest BCUT2D eigenvalue weighted by atomic mass is 9.76. The highest BCUT2D eigenvalue weighted by molar-refractivity contribution is 7.98. The highest BCUT2D eigenvalue weighted by Gasteiger charge is 2.35. The Kier molecular flexibility index (Phi) is 5.61. The van der Waals surface area contributed by atoms with Crippen molar-refractivity contribution in [2.24, 2.45) is 4.99 Å². The topological polar surface area (TPSA) is 76.8 Å². The first-order valence-electron chi connectivity index (χ1n) is 9.73. The lowest BCUT2D eigenvalue weighted by Crippen LogP contribution is -2.31. The van der Waals surface area contributed by atoms with Crippen LogP contribution in [0.3, 0.4) is 0 Å². The molecule has 1 aromatic heterocycles. The Hall–Kier alpha value is -2.38. The second-order valence-corrected chi connectivity index (χ2v) is 7.92. The predicted molar refractivity (Wildman–Crippen MR) is 115 cm³/mol. The molecule has 2 heterocycles. The molecule has 0 radical (unpaired) electrons. The maximum atomic E-state index is 10.2. The minimum atomic E-state index is -0.468. The Morgan fingerprint density at radius 2 is 2.03 bits per heavy atom. The Bertz CT molecular complexity index is 990. The van der Waals surface area contributed by atoms with E-state index in [1.165, 1.54) is 11.8 Å². The van der Waals surface area contributed by atoms with Crippen molar-refractivity contribution >= 4 is 17.5 Å². The molecule has 1 aliphatic heterocycles. The number of thioether (sulfide) groups is 1. The smallest absolute Gasteiger partial charge is 0.187 e. The number of nitrogens with zero attached hydrogens (tertiary/aromatic N) is 3. The number of hydrogen-bond acceptors (Lipinski definition) is 7. The van der Waals surface area contributed by atoms with Gasteiger partial charge in [0.05, 0.1) is 37.3 Å². The highest BCUT2D eigenvalue weighted by atomic mass is 32.2. The molecule has 2 aliphatic rings. The van der Waals surface area contributed by atoms with Gasteiger partial charge in [0.1, 0.15) is 0 Å². The molecule has 1 aromatic carbocycles. The number of benzene rings is 1. The first-order valence-corrected chi connectivity index (χ1v) is 11.0. The summed E-state index contributed by atoms with van der Waals surface area (Å²) >= 11 is 1.52. The van der Waals surface area contributed by atoms with Gasteiger partial charge in [-0.05, 0) is 44.2 Å². The molecule has 0 saturated carbocycles. The number of hydrogen-bond donors (Lipinski definition) is 1. The molecule has 4 rings (SSSR count). The number of methoxy groups -OCH3 is 1. The van der Waals surface area contributed by atoms with Gasteiger partial charge in [-0.25, -0.2) is 9.97 Å². The number of aliphatic hydroxyl groups is 1. The van der Waals surface area contributed by atoms with Gasteiger partial charge in [0.25, 0.3) is 0 Å². The van der Waals surface area contributed by atoms with Crippen molar-refractivity contribution in [1.29, 1.82) is 0 Å². The van der Waals surface area contributed by atoms with E-state index in [0.29, 0.717) is 24.5 Å². The summed E-state index contributed by atoms with van der Waals surface area (Å²) in [5, 5.41) is 11.0. The molecule has 3 atom stereocenters.